The molecule has 0 spiro atoms. The van der Waals surface area contributed by atoms with Gasteiger partial charge in [0, 0.05) is 18.9 Å². The van der Waals surface area contributed by atoms with Crippen molar-refractivity contribution in [2.75, 3.05) is 34.4 Å². The van der Waals surface area contributed by atoms with Crippen molar-refractivity contribution in [3.05, 3.63) is 18.0 Å². The smallest absolute Gasteiger partial charge is 0.241 e. The third kappa shape index (κ3) is 4.92. The molecule has 1 aliphatic rings. The van der Waals surface area contributed by atoms with Crippen molar-refractivity contribution in [2.45, 2.75) is 39.7 Å². The van der Waals surface area contributed by atoms with Crippen LogP contribution in [-0.2, 0) is 11.3 Å². The van der Waals surface area contributed by atoms with Crippen LogP contribution in [0.1, 0.15) is 39.0 Å². The number of likely N-dealkylation sites (tertiary alicyclic amines) is 1. The van der Waals surface area contributed by atoms with Crippen LogP contribution in [0, 0.1) is 11.8 Å². The van der Waals surface area contributed by atoms with Gasteiger partial charge >= 0.3 is 0 Å². The fraction of sp³-hybridized carbons (Fsp3) is 0.591. The molecule has 3 rings (SSSR count). The Hall–Kier alpha value is -2.61. The van der Waals surface area contributed by atoms with E-state index in [1.165, 1.54) is 0 Å². The summed E-state index contributed by atoms with van der Waals surface area (Å²) in [5.41, 5.74) is 0.661. The summed E-state index contributed by atoms with van der Waals surface area (Å²) in [5.74, 6) is 3.31. The molecule has 1 aromatic heterocycles. The standard InChI is InChI=1S/C22H31N3O5/c1-14(2)11-17(26)15-7-6-10-25(12-15)13-19-23-22(24-30-19)16-8-9-18(27-3)21(29-5)20(16)28-4/h8-9,14-15H,6-7,10-13H2,1-5H3. The van der Waals surface area contributed by atoms with Crippen molar-refractivity contribution in [3.63, 3.8) is 0 Å². The number of ketones is 1. The van der Waals surface area contributed by atoms with E-state index in [9.17, 15) is 4.79 Å². The van der Waals surface area contributed by atoms with Crippen LogP contribution in [0.4, 0.5) is 0 Å². The van der Waals surface area contributed by atoms with Crippen LogP contribution in [0.15, 0.2) is 16.7 Å². The summed E-state index contributed by atoms with van der Waals surface area (Å²) in [5, 5.41) is 4.13. The topological polar surface area (TPSA) is 86.9 Å². The minimum absolute atomic E-state index is 0.0921. The molecule has 1 unspecified atom stereocenters. The molecule has 0 bridgehead atoms. The van der Waals surface area contributed by atoms with E-state index in [-0.39, 0.29) is 5.92 Å². The van der Waals surface area contributed by atoms with E-state index in [1.807, 2.05) is 6.07 Å². The molecular weight excluding hydrogens is 386 g/mol. The highest BCUT2D eigenvalue weighted by Crippen LogP contribution is 2.43. The number of hydrogen-bond acceptors (Lipinski definition) is 8. The molecule has 1 saturated heterocycles. The van der Waals surface area contributed by atoms with Gasteiger partial charge in [-0.2, -0.15) is 4.98 Å². The molecule has 164 valence electrons. The lowest BCUT2D eigenvalue weighted by Crippen LogP contribution is -2.38. The monoisotopic (exact) mass is 417 g/mol. The van der Waals surface area contributed by atoms with Crippen molar-refractivity contribution in [1.29, 1.82) is 0 Å². The van der Waals surface area contributed by atoms with Crippen LogP contribution >= 0.6 is 0 Å². The van der Waals surface area contributed by atoms with Gasteiger partial charge in [-0.25, -0.2) is 0 Å². The van der Waals surface area contributed by atoms with Gasteiger partial charge in [0.25, 0.3) is 0 Å². The maximum absolute atomic E-state index is 12.5. The molecule has 1 aliphatic heterocycles. The van der Waals surface area contributed by atoms with Crippen molar-refractivity contribution in [2.24, 2.45) is 11.8 Å². The van der Waals surface area contributed by atoms with E-state index < -0.39 is 0 Å². The number of methoxy groups -OCH3 is 3. The van der Waals surface area contributed by atoms with E-state index >= 15 is 0 Å². The highest BCUT2D eigenvalue weighted by Gasteiger charge is 2.27. The number of hydrogen-bond donors (Lipinski definition) is 0. The molecule has 8 heteroatoms. The fourth-order valence-corrected chi connectivity index (χ4v) is 3.93. The minimum Gasteiger partial charge on any atom is -0.493 e. The summed E-state index contributed by atoms with van der Waals surface area (Å²) in [6, 6.07) is 3.60. The summed E-state index contributed by atoms with van der Waals surface area (Å²) in [6.07, 6.45) is 2.60. The first kappa shape index (κ1) is 22.1. The molecule has 0 radical (unpaired) electrons. The molecule has 1 atom stereocenters. The molecule has 2 heterocycles. The molecule has 0 saturated carbocycles. The maximum atomic E-state index is 12.5. The van der Waals surface area contributed by atoms with Crippen molar-refractivity contribution in [1.82, 2.24) is 15.0 Å². The first-order chi connectivity index (χ1) is 14.5. The summed E-state index contributed by atoms with van der Waals surface area (Å²) in [4.78, 5) is 19.2. The Kier molecular flexibility index (Phi) is 7.31. The van der Waals surface area contributed by atoms with Gasteiger partial charge in [0.1, 0.15) is 5.78 Å². The normalized spacial score (nSPS) is 17.2. The zero-order valence-electron chi connectivity index (χ0n) is 18.4. The number of carbonyl (C=O) groups is 1. The van der Waals surface area contributed by atoms with Gasteiger partial charge in [0.2, 0.25) is 17.5 Å². The van der Waals surface area contributed by atoms with E-state index in [0.717, 1.165) is 25.9 Å². The molecule has 0 amide bonds. The number of carbonyl (C=O) groups excluding carboxylic acids is 1. The molecule has 1 aromatic carbocycles. The highest BCUT2D eigenvalue weighted by molar-refractivity contribution is 5.81. The number of aromatic nitrogens is 2. The lowest BCUT2D eigenvalue weighted by atomic mass is 9.89. The van der Waals surface area contributed by atoms with Crippen LogP contribution in [0.25, 0.3) is 11.4 Å². The van der Waals surface area contributed by atoms with Gasteiger partial charge in [0.15, 0.2) is 11.5 Å². The molecule has 0 aliphatic carbocycles. The Balaban J connectivity index is 1.73. The lowest BCUT2D eigenvalue weighted by molar-refractivity contribution is -0.125. The number of rotatable bonds is 9. The number of ether oxygens (including phenoxy) is 3. The largest absolute Gasteiger partial charge is 0.493 e. The van der Waals surface area contributed by atoms with Gasteiger partial charge in [-0.1, -0.05) is 19.0 Å². The first-order valence-electron chi connectivity index (χ1n) is 10.3. The molecule has 1 fully saturated rings. The third-order valence-electron chi connectivity index (χ3n) is 5.34. The first-order valence-corrected chi connectivity index (χ1v) is 10.3. The SMILES string of the molecule is COc1ccc(-c2noc(CN3CCCC(C(=O)CC(C)C)C3)n2)c(OC)c1OC. The summed E-state index contributed by atoms with van der Waals surface area (Å²) in [6.45, 7) is 6.35. The van der Waals surface area contributed by atoms with Crippen molar-refractivity contribution in [3.8, 4) is 28.6 Å². The maximum Gasteiger partial charge on any atom is 0.241 e. The average Bonchev–Trinajstić information content (AvgIpc) is 3.20. The van der Waals surface area contributed by atoms with Gasteiger partial charge in [-0.15, -0.1) is 0 Å². The second-order valence-corrected chi connectivity index (χ2v) is 8.03. The van der Waals surface area contributed by atoms with Gasteiger partial charge in [0.05, 0.1) is 33.4 Å². The third-order valence-corrected chi connectivity index (χ3v) is 5.34. The average molecular weight is 418 g/mol. The molecular formula is C22H31N3O5. The van der Waals surface area contributed by atoms with Gasteiger partial charge < -0.3 is 18.7 Å². The molecule has 0 N–H and O–H groups in total. The fourth-order valence-electron chi connectivity index (χ4n) is 3.93. The van der Waals surface area contributed by atoms with E-state index in [1.54, 1.807) is 27.4 Å². The Morgan fingerprint density at radius 3 is 2.63 bits per heavy atom. The highest BCUT2D eigenvalue weighted by atomic mass is 16.5. The minimum atomic E-state index is 0.0921. The predicted octanol–water partition coefficient (Wildman–Crippen LogP) is 3.59. The van der Waals surface area contributed by atoms with Crippen LogP contribution in [0.5, 0.6) is 17.2 Å². The second kappa shape index (κ2) is 9.93. The van der Waals surface area contributed by atoms with Crippen LogP contribution in [0.3, 0.4) is 0 Å². The van der Waals surface area contributed by atoms with Crippen molar-refractivity contribution >= 4 is 5.78 Å². The van der Waals surface area contributed by atoms with Crippen LogP contribution in [0.2, 0.25) is 0 Å². The number of piperidine rings is 1. The zero-order chi connectivity index (χ0) is 21.7. The molecule has 8 nitrogen and oxygen atoms in total. The lowest BCUT2D eigenvalue weighted by Gasteiger charge is -2.31. The van der Waals surface area contributed by atoms with E-state index in [4.69, 9.17) is 18.7 Å². The molecule has 30 heavy (non-hydrogen) atoms. The Morgan fingerprint density at radius 2 is 1.97 bits per heavy atom. The summed E-state index contributed by atoms with van der Waals surface area (Å²) >= 11 is 0. The van der Waals surface area contributed by atoms with Crippen LogP contribution < -0.4 is 14.2 Å². The number of benzene rings is 1. The molecule has 2 aromatic rings. The predicted molar refractivity (Wildman–Crippen MR) is 112 cm³/mol. The Labute approximate surface area is 177 Å². The zero-order valence-corrected chi connectivity index (χ0v) is 18.4. The van der Waals surface area contributed by atoms with Crippen LogP contribution in [-0.4, -0.2) is 55.2 Å². The summed E-state index contributed by atoms with van der Waals surface area (Å²) < 4.78 is 21.8. The number of Topliss-reactive ketones (excluding diaryl/α,β-unsaturated/α-hetero) is 1. The number of nitrogens with zero attached hydrogens (tertiary/aromatic N) is 3. The summed E-state index contributed by atoms with van der Waals surface area (Å²) in [7, 11) is 4.68. The Bertz CT molecular complexity index is 864. The Morgan fingerprint density at radius 1 is 1.20 bits per heavy atom. The van der Waals surface area contributed by atoms with Crippen molar-refractivity contribution < 1.29 is 23.5 Å². The van der Waals surface area contributed by atoms with E-state index in [0.29, 0.717) is 59.2 Å². The second-order valence-electron chi connectivity index (χ2n) is 8.03. The van der Waals surface area contributed by atoms with E-state index in [2.05, 4.69) is 28.9 Å². The van der Waals surface area contributed by atoms with Gasteiger partial charge in [-0.3, -0.25) is 9.69 Å². The van der Waals surface area contributed by atoms with Gasteiger partial charge in [-0.05, 0) is 37.4 Å². The quantitative estimate of drug-likeness (QED) is 0.612.